The van der Waals surface area contributed by atoms with Crippen molar-refractivity contribution in [2.45, 2.75) is 6.54 Å². The zero-order valence-corrected chi connectivity index (χ0v) is 11.1. The maximum atomic E-state index is 13.2. The third kappa shape index (κ3) is 3.30. The summed E-state index contributed by atoms with van der Waals surface area (Å²) in [4.78, 5) is 2.08. The number of rotatable bonds is 3. The van der Waals surface area contributed by atoms with Crippen molar-refractivity contribution < 1.29 is 4.39 Å². The molecule has 0 fully saturated rings. The van der Waals surface area contributed by atoms with Crippen LogP contribution in [0.4, 0.5) is 10.1 Å². The Bertz CT molecular complexity index is 479. The number of benzene rings is 2. The summed E-state index contributed by atoms with van der Waals surface area (Å²) in [6.07, 6.45) is 0. The molecule has 0 aliphatic heterocycles. The molecule has 0 atom stereocenters. The Morgan fingerprint density at radius 3 is 2.47 bits per heavy atom. The molecule has 0 aliphatic rings. The minimum Gasteiger partial charge on any atom is -0.370 e. The van der Waals surface area contributed by atoms with E-state index < -0.39 is 0 Å². The first-order valence-electron chi connectivity index (χ1n) is 5.36. The summed E-state index contributed by atoms with van der Waals surface area (Å²) >= 11 is 3.30. The minimum atomic E-state index is -0.212. The zero-order valence-electron chi connectivity index (χ0n) is 9.53. The van der Waals surface area contributed by atoms with Gasteiger partial charge in [-0.05, 0) is 35.9 Å². The number of halogens is 2. The van der Waals surface area contributed by atoms with Gasteiger partial charge < -0.3 is 4.90 Å². The van der Waals surface area contributed by atoms with Crippen LogP contribution in [0.1, 0.15) is 5.56 Å². The fourth-order valence-electron chi connectivity index (χ4n) is 1.75. The number of nitrogens with zero attached hydrogens (tertiary/aromatic N) is 1. The molecule has 0 radical (unpaired) electrons. The van der Waals surface area contributed by atoms with E-state index in [1.807, 2.05) is 43.4 Å². The lowest BCUT2D eigenvalue weighted by Crippen LogP contribution is -2.16. The van der Waals surface area contributed by atoms with Gasteiger partial charge in [-0.25, -0.2) is 4.39 Å². The smallest absolute Gasteiger partial charge is 0.124 e. The van der Waals surface area contributed by atoms with Crippen LogP contribution in [0.5, 0.6) is 0 Å². The molecule has 0 unspecified atom stereocenters. The van der Waals surface area contributed by atoms with Crippen molar-refractivity contribution in [3.8, 4) is 0 Å². The van der Waals surface area contributed by atoms with Crippen molar-refractivity contribution >= 4 is 21.6 Å². The molecular weight excluding hydrogens is 281 g/mol. The van der Waals surface area contributed by atoms with Crippen molar-refractivity contribution in [3.63, 3.8) is 0 Å². The van der Waals surface area contributed by atoms with Crippen LogP contribution in [0, 0.1) is 5.82 Å². The Balaban J connectivity index is 2.16. The Morgan fingerprint density at radius 1 is 1.12 bits per heavy atom. The second-order valence-electron chi connectivity index (χ2n) is 3.97. The first-order valence-corrected chi connectivity index (χ1v) is 6.15. The van der Waals surface area contributed by atoms with E-state index >= 15 is 0 Å². The molecule has 0 spiro atoms. The molecular formula is C14H13BrFN. The van der Waals surface area contributed by atoms with E-state index in [1.54, 1.807) is 6.07 Å². The molecule has 2 aromatic carbocycles. The monoisotopic (exact) mass is 293 g/mol. The van der Waals surface area contributed by atoms with Gasteiger partial charge in [0.15, 0.2) is 0 Å². The molecule has 2 rings (SSSR count). The van der Waals surface area contributed by atoms with Gasteiger partial charge in [-0.15, -0.1) is 0 Å². The van der Waals surface area contributed by atoms with Crippen molar-refractivity contribution in [2.75, 3.05) is 11.9 Å². The lowest BCUT2D eigenvalue weighted by atomic mass is 10.2. The maximum absolute atomic E-state index is 13.2. The topological polar surface area (TPSA) is 3.24 Å². The molecule has 0 heterocycles. The number of hydrogen-bond acceptors (Lipinski definition) is 1. The highest BCUT2D eigenvalue weighted by molar-refractivity contribution is 9.10. The molecule has 88 valence electrons. The second kappa shape index (κ2) is 5.32. The van der Waals surface area contributed by atoms with Crippen LogP contribution in [0.3, 0.4) is 0 Å². The van der Waals surface area contributed by atoms with Crippen LogP contribution in [-0.2, 0) is 6.54 Å². The van der Waals surface area contributed by atoms with E-state index in [0.29, 0.717) is 6.54 Å². The highest BCUT2D eigenvalue weighted by atomic mass is 79.9. The van der Waals surface area contributed by atoms with Gasteiger partial charge in [-0.2, -0.15) is 0 Å². The predicted molar refractivity (Wildman–Crippen MR) is 72.6 cm³/mol. The van der Waals surface area contributed by atoms with Gasteiger partial charge in [0, 0.05) is 23.8 Å². The third-order valence-corrected chi connectivity index (χ3v) is 3.00. The van der Waals surface area contributed by atoms with Gasteiger partial charge in [0.2, 0.25) is 0 Å². The quantitative estimate of drug-likeness (QED) is 0.819. The first-order chi connectivity index (χ1) is 8.15. The summed E-state index contributed by atoms with van der Waals surface area (Å²) in [5.41, 5.74) is 2.07. The molecule has 3 heteroatoms. The highest BCUT2D eigenvalue weighted by Gasteiger charge is 2.04. The van der Waals surface area contributed by atoms with Gasteiger partial charge in [-0.3, -0.25) is 0 Å². The number of anilines is 1. The summed E-state index contributed by atoms with van der Waals surface area (Å²) in [7, 11) is 1.99. The number of para-hydroxylation sites is 1. The van der Waals surface area contributed by atoms with Crippen LogP contribution in [0.2, 0.25) is 0 Å². The molecule has 0 N–H and O–H groups in total. The Morgan fingerprint density at radius 2 is 1.82 bits per heavy atom. The lowest BCUT2D eigenvalue weighted by molar-refractivity contribution is 0.624. The van der Waals surface area contributed by atoms with Crippen molar-refractivity contribution in [3.05, 3.63) is 64.4 Å². The summed E-state index contributed by atoms with van der Waals surface area (Å²) in [6.45, 7) is 0.681. The molecule has 0 aromatic heterocycles. The molecule has 0 saturated heterocycles. The van der Waals surface area contributed by atoms with Gasteiger partial charge in [-0.1, -0.05) is 34.1 Å². The largest absolute Gasteiger partial charge is 0.370 e. The third-order valence-electron chi connectivity index (χ3n) is 2.54. The fraction of sp³-hybridized carbons (Fsp3) is 0.143. The van der Waals surface area contributed by atoms with Crippen LogP contribution in [-0.4, -0.2) is 7.05 Å². The average molecular weight is 294 g/mol. The molecule has 17 heavy (non-hydrogen) atoms. The lowest BCUT2D eigenvalue weighted by Gasteiger charge is -2.19. The fourth-order valence-corrected chi connectivity index (χ4v) is 2.26. The molecule has 0 amide bonds. The van der Waals surface area contributed by atoms with E-state index in [9.17, 15) is 4.39 Å². The van der Waals surface area contributed by atoms with Gasteiger partial charge in [0.05, 0.1) is 0 Å². The summed E-state index contributed by atoms with van der Waals surface area (Å²) < 4.78 is 14.0. The molecule has 0 aliphatic carbocycles. The van der Waals surface area contributed by atoms with E-state index in [0.717, 1.165) is 15.7 Å². The van der Waals surface area contributed by atoms with E-state index in [2.05, 4.69) is 20.8 Å². The molecule has 0 bridgehead atoms. The van der Waals surface area contributed by atoms with Gasteiger partial charge in [0.25, 0.3) is 0 Å². The summed E-state index contributed by atoms with van der Waals surface area (Å²) in [6, 6.07) is 15.0. The van der Waals surface area contributed by atoms with E-state index in [-0.39, 0.29) is 5.82 Å². The number of hydrogen-bond donors (Lipinski definition) is 0. The minimum absolute atomic E-state index is 0.212. The predicted octanol–water partition coefficient (Wildman–Crippen LogP) is 4.22. The van der Waals surface area contributed by atoms with E-state index in [1.165, 1.54) is 6.07 Å². The Labute approximate surface area is 109 Å². The standard InChI is InChI=1S/C14H13BrFN/c1-17(14-5-3-2-4-6-14)10-11-7-12(15)9-13(16)8-11/h2-9H,10H2,1H3. The van der Waals surface area contributed by atoms with Gasteiger partial charge in [0.1, 0.15) is 5.82 Å². The van der Waals surface area contributed by atoms with Crippen LogP contribution in [0.15, 0.2) is 53.0 Å². The SMILES string of the molecule is CN(Cc1cc(F)cc(Br)c1)c1ccccc1. The normalized spacial score (nSPS) is 10.3. The molecule has 2 aromatic rings. The summed E-state index contributed by atoms with van der Waals surface area (Å²) in [5.74, 6) is -0.212. The van der Waals surface area contributed by atoms with Crippen LogP contribution in [0.25, 0.3) is 0 Å². The maximum Gasteiger partial charge on any atom is 0.124 e. The van der Waals surface area contributed by atoms with Crippen molar-refractivity contribution in [1.82, 2.24) is 0 Å². The van der Waals surface area contributed by atoms with Crippen molar-refractivity contribution in [2.24, 2.45) is 0 Å². The van der Waals surface area contributed by atoms with E-state index in [4.69, 9.17) is 0 Å². The van der Waals surface area contributed by atoms with Crippen LogP contribution < -0.4 is 4.90 Å². The Hall–Kier alpha value is -1.35. The summed E-state index contributed by atoms with van der Waals surface area (Å²) in [5, 5.41) is 0. The van der Waals surface area contributed by atoms with Crippen molar-refractivity contribution in [1.29, 1.82) is 0 Å². The molecule has 1 nitrogen and oxygen atoms in total. The van der Waals surface area contributed by atoms with Crippen LogP contribution >= 0.6 is 15.9 Å². The average Bonchev–Trinajstić information content (AvgIpc) is 2.28. The highest BCUT2D eigenvalue weighted by Crippen LogP contribution is 2.19. The van der Waals surface area contributed by atoms with Gasteiger partial charge >= 0.3 is 0 Å². The molecule has 0 saturated carbocycles. The Kier molecular flexibility index (Phi) is 3.79. The second-order valence-corrected chi connectivity index (χ2v) is 4.88. The zero-order chi connectivity index (χ0) is 12.3. The first kappa shape index (κ1) is 12.1.